The Kier molecular flexibility index (Phi) is 9.03. The highest BCUT2D eigenvalue weighted by atomic mass is 35.5. The Bertz CT molecular complexity index is 960. The summed E-state index contributed by atoms with van der Waals surface area (Å²) in [7, 11) is 0. The van der Waals surface area contributed by atoms with Crippen LogP contribution in [-0.4, -0.2) is 96.7 Å². The van der Waals surface area contributed by atoms with Crippen molar-refractivity contribution < 1.29 is 44.2 Å². The van der Waals surface area contributed by atoms with E-state index in [1.807, 2.05) is 0 Å². The van der Waals surface area contributed by atoms with Gasteiger partial charge in [-0.3, -0.25) is 9.59 Å². The maximum absolute atomic E-state index is 11.5. The Morgan fingerprint density at radius 2 is 2.09 bits per heavy atom. The molecule has 0 aromatic carbocycles. The average Bonchev–Trinajstić information content (AvgIpc) is 3.15. The summed E-state index contributed by atoms with van der Waals surface area (Å²) in [6, 6.07) is 3.33. The van der Waals surface area contributed by atoms with Crippen LogP contribution in [0.15, 0.2) is 23.3 Å². The largest absolute Gasteiger partial charge is 0.481 e. The van der Waals surface area contributed by atoms with Crippen molar-refractivity contribution >= 4 is 40.5 Å². The molecule has 1 aromatic heterocycles. The summed E-state index contributed by atoms with van der Waals surface area (Å²) in [5, 5.41) is 49.1. The highest BCUT2D eigenvalue weighted by Crippen LogP contribution is 2.31. The van der Waals surface area contributed by atoms with E-state index in [2.05, 4.69) is 9.98 Å². The second-order valence-corrected chi connectivity index (χ2v) is 8.66. The Labute approximate surface area is 202 Å². The number of hydrogen-bond donors (Lipinski definition) is 4. The molecule has 2 fully saturated rings. The van der Waals surface area contributed by atoms with Crippen molar-refractivity contribution in [1.82, 2.24) is 9.88 Å². The molecule has 13 nitrogen and oxygen atoms in total. The predicted molar refractivity (Wildman–Crippen MR) is 115 cm³/mol. The molecule has 0 amide bonds. The molecular weight excluding hydrogens is 496 g/mol. The third-order valence-electron chi connectivity index (χ3n) is 4.90. The van der Waals surface area contributed by atoms with Gasteiger partial charge < -0.3 is 39.5 Å². The van der Waals surface area contributed by atoms with Crippen molar-refractivity contribution in [2.45, 2.75) is 49.9 Å². The molecule has 2 aliphatic heterocycles. The number of thioether (sulfide) groups is 1. The lowest BCUT2D eigenvalue weighted by Gasteiger charge is -2.41. The average molecular weight is 517 g/mol. The van der Waals surface area contributed by atoms with E-state index in [0.717, 1.165) is 5.56 Å². The van der Waals surface area contributed by atoms with Crippen LogP contribution in [0.25, 0.3) is 0 Å². The maximum atomic E-state index is 11.5. The molecule has 34 heavy (non-hydrogen) atoms. The molecule has 0 saturated carbocycles. The van der Waals surface area contributed by atoms with Crippen LogP contribution in [0.1, 0.15) is 12.0 Å². The number of nitrogens with zero attached hydrogens (tertiary/aromatic N) is 4. The third kappa shape index (κ3) is 6.54. The van der Waals surface area contributed by atoms with E-state index in [9.17, 15) is 24.9 Å². The molecule has 0 aliphatic carbocycles. The molecule has 0 spiro atoms. The molecule has 0 bridgehead atoms. The molecule has 3 heterocycles. The van der Waals surface area contributed by atoms with Crippen molar-refractivity contribution in [3.8, 4) is 6.19 Å². The normalized spacial score (nSPS) is 30.2. The van der Waals surface area contributed by atoms with Crippen LogP contribution >= 0.6 is 23.4 Å². The lowest BCUT2D eigenvalue weighted by atomic mass is 9.99. The number of carboxylic acids is 1. The van der Waals surface area contributed by atoms with E-state index in [1.54, 1.807) is 29.4 Å². The van der Waals surface area contributed by atoms with Gasteiger partial charge in [-0.05, 0) is 11.6 Å². The SMILES string of the molecule is N#CN=C1SCC(O[C@@H]2O[C@H](COC(=O)CC(=O)O)[C@@H](O)[C@H](O)[C@H]2O)N1Cc1ccc(Cl)nc1. The standard InChI is InChI=1S/C19H21ClN4O9S/c20-11-2-1-9(4-22-11)5-24-12(7-34-19(24)23-8-21)33-18-17(30)16(29)15(28)10(32-18)6-31-14(27)3-13(25)26/h1-2,4,10,12,15-18,28-30H,3,5-7H2,(H,25,26)/t10-,12?,15-,16+,17-,18+/m1/s1. The second-order valence-electron chi connectivity index (χ2n) is 7.28. The monoisotopic (exact) mass is 516 g/mol. The maximum Gasteiger partial charge on any atom is 0.317 e. The molecule has 1 unspecified atom stereocenters. The first-order valence-electron chi connectivity index (χ1n) is 9.88. The van der Waals surface area contributed by atoms with Gasteiger partial charge in [0, 0.05) is 18.5 Å². The number of hydrogen-bond acceptors (Lipinski definition) is 12. The molecule has 184 valence electrons. The smallest absolute Gasteiger partial charge is 0.317 e. The minimum atomic E-state index is -1.70. The van der Waals surface area contributed by atoms with Gasteiger partial charge in [0.05, 0.1) is 0 Å². The molecule has 4 N–H and O–H groups in total. The van der Waals surface area contributed by atoms with E-state index in [-0.39, 0.29) is 6.54 Å². The molecule has 15 heteroatoms. The van der Waals surface area contributed by atoms with E-state index < -0.39 is 61.9 Å². The van der Waals surface area contributed by atoms with Gasteiger partial charge in [-0.25, -0.2) is 4.98 Å². The number of aromatic nitrogens is 1. The van der Waals surface area contributed by atoms with E-state index in [0.29, 0.717) is 16.1 Å². The predicted octanol–water partition coefficient (Wildman–Crippen LogP) is -0.711. The second kappa shape index (κ2) is 11.8. The zero-order valence-electron chi connectivity index (χ0n) is 17.4. The zero-order chi connectivity index (χ0) is 24.8. The number of halogens is 1. The Hall–Kier alpha value is -2.51. The quantitative estimate of drug-likeness (QED) is 0.146. The van der Waals surface area contributed by atoms with Gasteiger partial charge in [-0.1, -0.05) is 29.4 Å². The summed E-state index contributed by atoms with van der Waals surface area (Å²) in [4.78, 5) is 31.5. The molecule has 1 aromatic rings. The number of carbonyl (C=O) groups is 2. The number of nitriles is 1. The zero-order valence-corrected chi connectivity index (χ0v) is 19.0. The minimum Gasteiger partial charge on any atom is -0.481 e. The fraction of sp³-hybridized carbons (Fsp3) is 0.526. The third-order valence-corrected chi connectivity index (χ3v) is 6.16. The molecular formula is C19H21ClN4O9S. The van der Waals surface area contributed by atoms with E-state index in [4.69, 9.17) is 36.2 Å². The van der Waals surface area contributed by atoms with Gasteiger partial charge >= 0.3 is 11.9 Å². The number of aliphatic hydroxyl groups excluding tert-OH is 3. The number of rotatable bonds is 8. The van der Waals surface area contributed by atoms with E-state index in [1.165, 1.54) is 11.8 Å². The van der Waals surface area contributed by atoms with Crippen LogP contribution in [0.2, 0.25) is 5.15 Å². The van der Waals surface area contributed by atoms with Crippen LogP contribution in [0, 0.1) is 11.5 Å². The Balaban J connectivity index is 1.70. The summed E-state index contributed by atoms with van der Waals surface area (Å²) in [6.07, 6.45) is -6.10. The number of pyridine rings is 1. The van der Waals surface area contributed by atoms with Crippen LogP contribution in [-0.2, 0) is 30.3 Å². The highest BCUT2D eigenvalue weighted by Gasteiger charge is 2.47. The first-order valence-corrected chi connectivity index (χ1v) is 11.2. The number of ether oxygens (including phenoxy) is 3. The lowest BCUT2D eigenvalue weighted by molar-refractivity contribution is -0.317. The number of aliphatic hydroxyl groups is 3. The van der Waals surface area contributed by atoms with Gasteiger partial charge in [0.25, 0.3) is 0 Å². The molecule has 2 saturated heterocycles. The van der Waals surface area contributed by atoms with Gasteiger partial charge in [0.15, 0.2) is 11.5 Å². The highest BCUT2D eigenvalue weighted by molar-refractivity contribution is 8.14. The summed E-state index contributed by atoms with van der Waals surface area (Å²) >= 11 is 7.05. The number of amidine groups is 1. The fourth-order valence-corrected chi connectivity index (χ4v) is 4.35. The lowest BCUT2D eigenvalue weighted by Crippen LogP contribution is -2.60. The number of carbonyl (C=O) groups excluding carboxylic acids is 1. The summed E-state index contributed by atoms with van der Waals surface area (Å²) in [6.45, 7) is -0.343. The van der Waals surface area contributed by atoms with Crippen molar-refractivity contribution in [2.75, 3.05) is 12.4 Å². The fourth-order valence-electron chi connectivity index (χ4n) is 3.23. The summed E-state index contributed by atoms with van der Waals surface area (Å²) in [5.41, 5.74) is 0.731. The topological polar surface area (TPSA) is 195 Å². The summed E-state index contributed by atoms with van der Waals surface area (Å²) < 4.78 is 16.2. The van der Waals surface area contributed by atoms with Gasteiger partial charge in [0.2, 0.25) is 6.19 Å². The van der Waals surface area contributed by atoms with Crippen molar-refractivity contribution in [3.05, 3.63) is 29.0 Å². The molecule has 3 rings (SSSR count). The van der Waals surface area contributed by atoms with Gasteiger partial charge in [-0.2, -0.15) is 5.26 Å². The van der Waals surface area contributed by atoms with Crippen LogP contribution in [0.4, 0.5) is 0 Å². The minimum absolute atomic E-state index is 0.229. The van der Waals surface area contributed by atoms with Crippen molar-refractivity contribution in [2.24, 2.45) is 4.99 Å². The Morgan fingerprint density at radius 1 is 1.32 bits per heavy atom. The number of aliphatic imine (C=N–C) groups is 1. The van der Waals surface area contributed by atoms with E-state index >= 15 is 0 Å². The number of carboxylic acid groups (broad SMARTS) is 1. The van der Waals surface area contributed by atoms with Crippen LogP contribution in [0.5, 0.6) is 0 Å². The molecule has 6 atom stereocenters. The van der Waals surface area contributed by atoms with Crippen LogP contribution in [0.3, 0.4) is 0 Å². The van der Waals surface area contributed by atoms with Gasteiger partial charge in [0.1, 0.15) is 48.8 Å². The van der Waals surface area contributed by atoms with Crippen LogP contribution < -0.4 is 0 Å². The molecule has 0 radical (unpaired) electrons. The van der Waals surface area contributed by atoms with Crippen molar-refractivity contribution in [1.29, 1.82) is 5.26 Å². The number of esters is 1. The number of aliphatic carboxylic acids is 1. The van der Waals surface area contributed by atoms with Gasteiger partial charge in [-0.15, -0.1) is 4.99 Å². The first kappa shape index (κ1) is 26.1. The summed E-state index contributed by atoms with van der Waals surface area (Å²) in [5.74, 6) is -2.16. The Morgan fingerprint density at radius 3 is 2.74 bits per heavy atom. The first-order chi connectivity index (χ1) is 16.2. The van der Waals surface area contributed by atoms with Crippen molar-refractivity contribution in [3.63, 3.8) is 0 Å². The molecule has 2 aliphatic rings.